The minimum Gasteiger partial charge on any atom is -0.480 e. The van der Waals surface area contributed by atoms with Crippen LogP contribution in [0.4, 0.5) is 0 Å². The lowest BCUT2D eigenvalue weighted by Crippen LogP contribution is -2.54. The first kappa shape index (κ1) is 23.7. The van der Waals surface area contributed by atoms with E-state index < -0.39 is 60.7 Å². The molecule has 0 spiro atoms. The largest absolute Gasteiger partial charge is 0.480 e. The van der Waals surface area contributed by atoms with Gasteiger partial charge in [0, 0.05) is 6.54 Å². The Morgan fingerprint density at radius 2 is 1.93 bits per heavy atom. The first-order valence-electron chi connectivity index (χ1n) is 8.80. The van der Waals surface area contributed by atoms with E-state index in [1.807, 2.05) is 6.26 Å². The highest BCUT2D eigenvalue weighted by Gasteiger charge is 2.34. The predicted octanol–water partition coefficient (Wildman–Crippen LogP) is -2.38. The molecular formula is C16H27N5O6S. The number of nitrogens with one attached hydrogen (secondary N) is 2. The van der Waals surface area contributed by atoms with Crippen molar-refractivity contribution < 1.29 is 29.1 Å². The number of aliphatic carboxylic acids is 1. The number of thioether (sulfide) groups is 1. The summed E-state index contributed by atoms with van der Waals surface area (Å²) in [6.07, 6.45) is 2.71. The van der Waals surface area contributed by atoms with Gasteiger partial charge in [-0.2, -0.15) is 11.8 Å². The van der Waals surface area contributed by atoms with Crippen molar-refractivity contribution in [3.05, 3.63) is 0 Å². The monoisotopic (exact) mass is 417 g/mol. The fraction of sp³-hybridized carbons (Fsp3) is 0.688. The molecular weight excluding hydrogens is 390 g/mol. The third-order valence-electron chi connectivity index (χ3n) is 4.28. The highest BCUT2D eigenvalue weighted by Crippen LogP contribution is 2.17. The molecule has 0 aromatic rings. The van der Waals surface area contributed by atoms with Gasteiger partial charge >= 0.3 is 5.97 Å². The second-order valence-electron chi connectivity index (χ2n) is 6.42. The van der Waals surface area contributed by atoms with E-state index >= 15 is 0 Å². The summed E-state index contributed by atoms with van der Waals surface area (Å²) in [5.74, 6) is -3.20. The number of nitrogens with zero attached hydrogens (tertiary/aromatic N) is 1. The number of carboxylic acid groups (broad SMARTS) is 1. The van der Waals surface area contributed by atoms with Crippen LogP contribution < -0.4 is 22.1 Å². The van der Waals surface area contributed by atoms with Crippen molar-refractivity contribution in [2.45, 2.75) is 43.8 Å². The summed E-state index contributed by atoms with van der Waals surface area (Å²) in [6.45, 7) is -0.163. The van der Waals surface area contributed by atoms with Crippen LogP contribution in [0.5, 0.6) is 0 Å². The zero-order valence-corrected chi connectivity index (χ0v) is 16.5. The average Bonchev–Trinajstić information content (AvgIpc) is 3.13. The highest BCUT2D eigenvalue weighted by molar-refractivity contribution is 7.98. The van der Waals surface area contributed by atoms with Gasteiger partial charge in [0.1, 0.15) is 12.1 Å². The smallest absolute Gasteiger partial charge is 0.326 e. The molecule has 0 aliphatic carbocycles. The van der Waals surface area contributed by atoms with Gasteiger partial charge < -0.3 is 32.1 Å². The van der Waals surface area contributed by atoms with Crippen molar-refractivity contribution in [2.75, 3.05) is 25.1 Å². The van der Waals surface area contributed by atoms with Gasteiger partial charge in [0.15, 0.2) is 0 Å². The number of carbonyl (C=O) groups excluding carboxylic acids is 4. The van der Waals surface area contributed by atoms with Crippen LogP contribution in [0.3, 0.4) is 0 Å². The number of nitrogens with two attached hydrogens (primary N) is 2. The molecule has 3 unspecified atom stereocenters. The molecule has 1 aliphatic rings. The van der Waals surface area contributed by atoms with Crippen LogP contribution in [0, 0.1) is 0 Å². The fourth-order valence-corrected chi connectivity index (χ4v) is 3.26. The van der Waals surface area contributed by atoms with E-state index in [0.717, 1.165) is 0 Å². The quantitative estimate of drug-likeness (QED) is 0.246. The molecule has 11 nitrogen and oxygen atoms in total. The topological polar surface area (TPSA) is 185 Å². The summed E-state index contributed by atoms with van der Waals surface area (Å²) in [5.41, 5.74) is 10.9. The van der Waals surface area contributed by atoms with Crippen LogP contribution in [0.1, 0.15) is 25.7 Å². The number of likely N-dealkylation sites (tertiary alicyclic amines) is 1. The SMILES string of the molecule is CSCCC(N)C(=O)NC(CC(N)=O)C(=O)NCC(=O)N1CCCC1C(=O)O. The molecule has 158 valence electrons. The zero-order chi connectivity index (χ0) is 21.3. The molecule has 1 heterocycles. The van der Waals surface area contributed by atoms with E-state index in [1.54, 1.807) is 0 Å². The van der Waals surface area contributed by atoms with Gasteiger partial charge in [0.25, 0.3) is 0 Å². The summed E-state index contributed by atoms with van der Waals surface area (Å²) >= 11 is 1.51. The van der Waals surface area contributed by atoms with Crippen molar-refractivity contribution >= 4 is 41.4 Å². The molecule has 0 aromatic carbocycles. The normalized spacial score (nSPS) is 18.2. The molecule has 12 heteroatoms. The van der Waals surface area contributed by atoms with Crippen LogP contribution in [0.25, 0.3) is 0 Å². The lowest BCUT2D eigenvalue weighted by atomic mass is 10.1. The maximum atomic E-state index is 12.3. The molecule has 4 amide bonds. The summed E-state index contributed by atoms with van der Waals surface area (Å²) in [5, 5.41) is 13.8. The maximum absolute atomic E-state index is 12.3. The van der Waals surface area contributed by atoms with Gasteiger partial charge in [0.2, 0.25) is 23.6 Å². The summed E-state index contributed by atoms with van der Waals surface area (Å²) < 4.78 is 0. The molecule has 0 aromatic heterocycles. The van der Waals surface area contributed by atoms with E-state index in [4.69, 9.17) is 16.6 Å². The summed E-state index contributed by atoms with van der Waals surface area (Å²) in [4.78, 5) is 60.2. The third kappa shape index (κ3) is 7.35. The number of hydrogen-bond donors (Lipinski definition) is 5. The molecule has 28 heavy (non-hydrogen) atoms. The Morgan fingerprint density at radius 1 is 1.25 bits per heavy atom. The van der Waals surface area contributed by atoms with Crippen LogP contribution in [-0.2, 0) is 24.0 Å². The van der Waals surface area contributed by atoms with Gasteiger partial charge in [-0.15, -0.1) is 0 Å². The molecule has 0 saturated carbocycles. The molecule has 0 radical (unpaired) electrons. The molecule has 1 aliphatic heterocycles. The molecule has 7 N–H and O–H groups in total. The van der Waals surface area contributed by atoms with Crippen LogP contribution in [-0.4, -0.2) is 82.8 Å². The van der Waals surface area contributed by atoms with Crippen molar-refractivity contribution in [1.29, 1.82) is 0 Å². The van der Waals surface area contributed by atoms with Gasteiger partial charge in [-0.3, -0.25) is 19.2 Å². The van der Waals surface area contributed by atoms with Crippen molar-refractivity contribution in [1.82, 2.24) is 15.5 Å². The predicted molar refractivity (Wildman–Crippen MR) is 102 cm³/mol. The van der Waals surface area contributed by atoms with Gasteiger partial charge in [0.05, 0.1) is 19.0 Å². The minimum absolute atomic E-state index is 0.289. The number of rotatable bonds is 11. The Labute approximate surface area is 166 Å². The first-order chi connectivity index (χ1) is 13.2. The van der Waals surface area contributed by atoms with E-state index in [1.165, 1.54) is 16.7 Å². The molecule has 1 fully saturated rings. The summed E-state index contributed by atoms with van der Waals surface area (Å²) in [6, 6.07) is -3.04. The lowest BCUT2D eigenvalue weighted by molar-refractivity contribution is -0.148. The van der Waals surface area contributed by atoms with E-state index in [9.17, 15) is 24.0 Å². The number of carbonyl (C=O) groups is 5. The van der Waals surface area contributed by atoms with Crippen molar-refractivity contribution in [2.24, 2.45) is 11.5 Å². The van der Waals surface area contributed by atoms with Crippen LogP contribution in [0.15, 0.2) is 0 Å². The number of primary amides is 1. The lowest BCUT2D eigenvalue weighted by Gasteiger charge is -2.23. The van der Waals surface area contributed by atoms with Crippen LogP contribution >= 0.6 is 11.8 Å². The number of amides is 4. The first-order valence-corrected chi connectivity index (χ1v) is 10.2. The van der Waals surface area contributed by atoms with E-state index in [0.29, 0.717) is 25.0 Å². The molecule has 3 atom stereocenters. The molecule has 1 rings (SSSR count). The maximum Gasteiger partial charge on any atom is 0.326 e. The number of hydrogen-bond acceptors (Lipinski definition) is 7. The Balaban J connectivity index is 2.64. The Hall–Kier alpha value is -2.34. The van der Waals surface area contributed by atoms with Gasteiger partial charge in [-0.25, -0.2) is 4.79 Å². The van der Waals surface area contributed by atoms with E-state index in [2.05, 4.69) is 10.6 Å². The fourth-order valence-electron chi connectivity index (χ4n) is 2.77. The van der Waals surface area contributed by atoms with E-state index in [-0.39, 0.29) is 6.54 Å². The standard InChI is InChI=1S/C16H27N5O6S/c1-28-6-4-9(17)14(24)20-10(7-12(18)22)15(25)19-8-13(23)21-5-2-3-11(21)16(26)27/h9-11H,2-8,17H2,1H3,(H2,18,22)(H,19,25)(H,20,24)(H,26,27). The zero-order valence-electron chi connectivity index (χ0n) is 15.7. The van der Waals surface area contributed by atoms with Gasteiger partial charge in [-0.1, -0.05) is 0 Å². The Bertz CT molecular complexity index is 616. The Kier molecular flexibility index (Phi) is 9.73. The molecule has 1 saturated heterocycles. The molecule has 0 bridgehead atoms. The van der Waals surface area contributed by atoms with Crippen LogP contribution in [0.2, 0.25) is 0 Å². The Morgan fingerprint density at radius 3 is 2.50 bits per heavy atom. The average molecular weight is 417 g/mol. The van der Waals surface area contributed by atoms with Crippen molar-refractivity contribution in [3.8, 4) is 0 Å². The van der Waals surface area contributed by atoms with Gasteiger partial charge in [-0.05, 0) is 31.3 Å². The summed E-state index contributed by atoms with van der Waals surface area (Å²) in [7, 11) is 0. The highest BCUT2D eigenvalue weighted by atomic mass is 32.2. The second-order valence-corrected chi connectivity index (χ2v) is 7.41. The minimum atomic E-state index is -1.27. The van der Waals surface area contributed by atoms with Crippen molar-refractivity contribution in [3.63, 3.8) is 0 Å². The third-order valence-corrected chi connectivity index (χ3v) is 4.92. The number of carboxylic acids is 1. The second kappa shape index (κ2) is 11.5.